The average molecular weight is 450 g/mol. The molecule has 32 heavy (non-hydrogen) atoms. The highest BCUT2D eigenvalue weighted by molar-refractivity contribution is 6.04. The number of carbonyl (C=O) groups excluding carboxylic acids is 1. The highest BCUT2D eigenvalue weighted by atomic mass is 16.7. The highest BCUT2D eigenvalue weighted by Gasteiger charge is 2.48. The maximum Gasteiger partial charge on any atom is 0.229 e. The number of carbonyl (C=O) groups is 1. The number of allylic oxidation sites excluding steroid dienone is 2. The molecule has 0 saturated carbocycles. The minimum atomic E-state index is -1.73. The van der Waals surface area contributed by atoms with Crippen molar-refractivity contribution in [3.8, 4) is 11.5 Å². The van der Waals surface area contributed by atoms with E-state index in [1.54, 1.807) is 0 Å². The summed E-state index contributed by atoms with van der Waals surface area (Å²) in [7, 11) is 0. The molecule has 7 unspecified atom stereocenters. The number of hydrogen-bond donors (Lipinski definition) is 7. The van der Waals surface area contributed by atoms with E-state index in [4.69, 9.17) is 14.2 Å². The molecule has 0 amide bonds. The number of aromatic hydroxyl groups is 2. The van der Waals surface area contributed by atoms with Gasteiger partial charge in [0.15, 0.2) is 17.3 Å². The van der Waals surface area contributed by atoms with E-state index in [1.165, 1.54) is 19.1 Å². The van der Waals surface area contributed by atoms with Crippen LogP contribution in [0.1, 0.15) is 12.5 Å². The Morgan fingerprint density at radius 3 is 2.38 bits per heavy atom. The highest BCUT2D eigenvalue weighted by Crippen LogP contribution is 2.41. The largest absolute Gasteiger partial charge is 0.511 e. The van der Waals surface area contributed by atoms with Gasteiger partial charge in [-0.25, -0.2) is 0 Å². The molecule has 11 heteroatoms. The summed E-state index contributed by atoms with van der Waals surface area (Å²) < 4.78 is 16.8. The smallest absolute Gasteiger partial charge is 0.229 e. The number of Topliss-reactive ketones (excluding diaryl/α,β-unsaturated/α-hetero) is 1. The van der Waals surface area contributed by atoms with E-state index in [0.29, 0.717) is 0 Å². The van der Waals surface area contributed by atoms with Crippen LogP contribution < -0.4 is 0 Å². The van der Waals surface area contributed by atoms with Gasteiger partial charge in [0.25, 0.3) is 0 Å². The molecule has 11 nitrogen and oxygen atoms in total. The van der Waals surface area contributed by atoms with Crippen molar-refractivity contribution in [3.63, 3.8) is 0 Å². The predicted molar refractivity (Wildman–Crippen MR) is 105 cm³/mol. The van der Waals surface area contributed by atoms with Crippen molar-refractivity contribution >= 4 is 11.5 Å². The Labute approximate surface area is 181 Å². The van der Waals surface area contributed by atoms with Crippen LogP contribution in [0.25, 0.3) is 5.76 Å². The molecular weight excluding hydrogens is 428 g/mol. The van der Waals surface area contributed by atoms with Crippen LogP contribution in [-0.2, 0) is 19.0 Å². The summed E-state index contributed by atoms with van der Waals surface area (Å²) in [5.41, 5.74) is 0.1000. The molecule has 3 aliphatic rings. The lowest BCUT2D eigenvalue weighted by Crippen LogP contribution is -2.57. The van der Waals surface area contributed by atoms with Crippen molar-refractivity contribution in [1.82, 2.24) is 0 Å². The lowest BCUT2D eigenvalue weighted by molar-refractivity contribution is -0.282. The number of benzene rings is 1. The van der Waals surface area contributed by atoms with Crippen LogP contribution in [0.3, 0.4) is 0 Å². The number of hydrogen-bond acceptors (Lipinski definition) is 11. The summed E-state index contributed by atoms with van der Waals surface area (Å²) >= 11 is 0. The van der Waals surface area contributed by atoms with Crippen LogP contribution in [0.4, 0.5) is 0 Å². The molecule has 2 aliphatic heterocycles. The molecule has 7 atom stereocenters. The van der Waals surface area contributed by atoms with E-state index in [1.807, 2.05) is 0 Å². The molecule has 1 aromatic carbocycles. The van der Waals surface area contributed by atoms with E-state index < -0.39 is 71.5 Å². The third kappa shape index (κ3) is 3.65. The van der Waals surface area contributed by atoms with E-state index in [0.717, 1.165) is 18.2 Å². The lowest BCUT2D eigenvalue weighted by atomic mass is 9.86. The molecule has 0 radical (unpaired) electrons. The number of aliphatic hydroxyl groups excluding tert-OH is 5. The van der Waals surface area contributed by atoms with Gasteiger partial charge in [-0.05, 0) is 31.2 Å². The van der Waals surface area contributed by atoms with Gasteiger partial charge in [0.1, 0.15) is 41.9 Å². The molecule has 172 valence electrons. The van der Waals surface area contributed by atoms with Gasteiger partial charge in [-0.1, -0.05) is 0 Å². The number of ether oxygens (including phenoxy) is 3. The van der Waals surface area contributed by atoms with Crippen molar-refractivity contribution in [2.75, 3.05) is 0 Å². The Kier molecular flexibility index (Phi) is 5.51. The minimum absolute atomic E-state index is 0.1000. The Bertz CT molecular complexity index is 1030. The predicted octanol–water partition coefficient (Wildman–Crippen LogP) is 0.0920. The second-order valence-corrected chi connectivity index (χ2v) is 7.75. The van der Waals surface area contributed by atoms with Gasteiger partial charge in [-0.2, -0.15) is 0 Å². The summed E-state index contributed by atoms with van der Waals surface area (Å²) in [5, 5.41) is 69.7. The first-order valence-electron chi connectivity index (χ1n) is 9.73. The number of ketones is 1. The molecule has 1 saturated heterocycles. The zero-order valence-electron chi connectivity index (χ0n) is 16.7. The van der Waals surface area contributed by atoms with Crippen LogP contribution in [0, 0.1) is 5.92 Å². The first-order chi connectivity index (χ1) is 15.1. The SMILES string of the molecule is CC1OC(OC2=C(c3ccc(O)c(O)c3)OC3C=C(O)C=C(O)C3C2=O)C(O)C(O)C1O. The van der Waals surface area contributed by atoms with Crippen molar-refractivity contribution in [1.29, 1.82) is 0 Å². The summed E-state index contributed by atoms with van der Waals surface area (Å²) in [6.45, 7) is 1.43. The third-order valence-corrected chi connectivity index (χ3v) is 5.52. The van der Waals surface area contributed by atoms with Crippen LogP contribution >= 0.6 is 0 Å². The van der Waals surface area contributed by atoms with E-state index in [2.05, 4.69) is 0 Å². The fraction of sp³-hybridized carbons (Fsp3) is 0.381. The molecular formula is C21H22O11. The van der Waals surface area contributed by atoms with E-state index in [9.17, 15) is 40.5 Å². The number of aliphatic hydroxyl groups is 5. The van der Waals surface area contributed by atoms with Gasteiger partial charge in [-0.15, -0.1) is 0 Å². The normalized spacial score (nSPS) is 34.9. The van der Waals surface area contributed by atoms with Gasteiger partial charge in [0, 0.05) is 11.6 Å². The monoisotopic (exact) mass is 450 g/mol. The Hall–Kier alpha value is -3.25. The van der Waals surface area contributed by atoms with Crippen molar-refractivity contribution in [2.45, 2.75) is 43.7 Å². The average Bonchev–Trinajstić information content (AvgIpc) is 2.73. The van der Waals surface area contributed by atoms with Crippen molar-refractivity contribution < 1.29 is 54.8 Å². The minimum Gasteiger partial charge on any atom is -0.511 e. The quantitative estimate of drug-likeness (QED) is 0.309. The van der Waals surface area contributed by atoms with Crippen LogP contribution in [-0.4, -0.2) is 78.3 Å². The summed E-state index contributed by atoms with van der Waals surface area (Å²) in [6, 6.07) is 3.57. The lowest BCUT2D eigenvalue weighted by Gasteiger charge is -2.40. The fourth-order valence-electron chi connectivity index (χ4n) is 3.75. The first-order valence-corrected chi connectivity index (χ1v) is 9.73. The van der Waals surface area contributed by atoms with E-state index in [-0.39, 0.29) is 17.1 Å². The number of rotatable bonds is 3. The fourth-order valence-corrected chi connectivity index (χ4v) is 3.75. The van der Waals surface area contributed by atoms with Gasteiger partial charge in [0.05, 0.1) is 6.10 Å². The van der Waals surface area contributed by atoms with Crippen molar-refractivity contribution in [2.24, 2.45) is 5.92 Å². The van der Waals surface area contributed by atoms with Gasteiger partial charge >= 0.3 is 0 Å². The summed E-state index contributed by atoms with van der Waals surface area (Å²) in [4.78, 5) is 13.3. The number of phenols is 2. The topological polar surface area (TPSA) is 186 Å². The zero-order valence-corrected chi connectivity index (χ0v) is 16.7. The second-order valence-electron chi connectivity index (χ2n) is 7.75. The van der Waals surface area contributed by atoms with Crippen molar-refractivity contribution in [3.05, 3.63) is 53.2 Å². The molecule has 1 aromatic rings. The Balaban J connectivity index is 1.79. The molecule has 1 fully saturated rings. The van der Waals surface area contributed by atoms with Gasteiger partial charge < -0.3 is 50.0 Å². The molecule has 7 N–H and O–H groups in total. The first kappa shape index (κ1) is 22.0. The maximum absolute atomic E-state index is 13.3. The maximum atomic E-state index is 13.3. The standard InChI is InChI=1S/C21H22O11/c1-7-15(26)17(28)18(29)21(30-7)32-20-16(27)14-12(25)5-9(22)6-13(14)31-19(20)8-2-3-10(23)11(24)4-8/h2-7,13-15,17-18,21-26,28-29H,1H3. The second kappa shape index (κ2) is 8.02. The van der Waals surface area contributed by atoms with Crippen LogP contribution in [0.15, 0.2) is 47.6 Å². The number of fused-ring (bicyclic) bond motifs is 1. The van der Waals surface area contributed by atoms with Gasteiger partial charge in [0.2, 0.25) is 17.8 Å². The summed E-state index contributed by atoms with van der Waals surface area (Å²) in [6.07, 6.45) is -6.21. The van der Waals surface area contributed by atoms with E-state index >= 15 is 0 Å². The molecule has 1 aliphatic carbocycles. The zero-order chi connectivity index (χ0) is 23.3. The summed E-state index contributed by atoms with van der Waals surface area (Å²) in [5.74, 6) is -4.54. The van der Waals surface area contributed by atoms with Crippen LogP contribution in [0.2, 0.25) is 0 Å². The third-order valence-electron chi connectivity index (χ3n) is 5.52. The molecule has 0 aromatic heterocycles. The Morgan fingerprint density at radius 2 is 1.69 bits per heavy atom. The number of phenolic OH excluding ortho intramolecular Hbond substituents is 2. The van der Waals surface area contributed by atoms with Gasteiger partial charge in [-0.3, -0.25) is 4.79 Å². The molecule has 2 heterocycles. The molecule has 0 spiro atoms. The molecule has 4 rings (SSSR count). The van der Waals surface area contributed by atoms with Crippen LogP contribution in [0.5, 0.6) is 11.5 Å². The Morgan fingerprint density at radius 1 is 0.969 bits per heavy atom. The molecule has 0 bridgehead atoms.